The molecule has 0 unspecified atom stereocenters. The summed E-state index contributed by atoms with van der Waals surface area (Å²) in [5, 5.41) is 17.0. The predicted octanol–water partition coefficient (Wildman–Crippen LogP) is 10.7. The van der Waals surface area contributed by atoms with E-state index in [0.717, 1.165) is 51.4 Å². The van der Waals surface area contributed by atoms with Crippen molar-refractivity contribution in [1.29, 1.82) is 0 Å². The Bertz CT molecular complexity index is 628. The van der Waals surface area contributed by atoms with Crippen LogP contribution < -0.4 is 11.5 Å². The molecule has 6 heteroatoms. The van der Waals surface area contributed by atoms with Crippen LogP contribution in [-0.2, 0) is 9.59 Å². The summed E-state index contributed by atoms with van der Waals surface area (Å²) in [7, 11) is 0. The predicted molar refractivity (Wildman–Crippen MR) is 192 cm³/mol. The molecular weight excluding hydrogens is 548 g/mol. The average molecular weight is 621 g/mol. The van der Waals surface area contributed by atoms with Gasteiger partial charge in [-0.1, -0.05) is 127 Å². The molecule has 0 saturated heterocycles. The Labute approximate surface area is 272 Å². The second-order valence-electron chi connectivity index (χ2n) is 11.3. The first-order chi connectivity index (χ1) is 21.5. The van der Waals surface area contributed by atoms with Gasteiger partial charge >= 0.3 is 11.9 Å². The molecule has 0 saturated carbocycles. The van der Waals surface area contributed by atoms with Crippen molar-refractivity contribution in [2.75, 3.05) is 13.1 Å². The Morgan fingerprint density at radius 1 is 0.432 bits per heavy atom. The number of carbonyl (C=O) groups is 2. The summed E-state index contributed by atoms with van der Waals surface area (Å²) >= 11 is 0. The van der Waals surface area contributed by atoms with Crippen LogP contribution in [0, 0.1) is 0 Å². The summed E-state index contributed by atoms with van der Waals surface area (Å²) in [5.41, 5.74) is 9.81. The topological polar surface area (TPSA) is 127 Å². The normalized spacial score (nSPS) is 11.3. The fourth-order valence-electron chi connectivity index (χ4n) is 4.18. The summed E-state index contributed by atoms with van der Waals surface area (Å²) in [5.74, 6) is -1.34. The van der Waals surface area contributed by atoms with E-state index in [1.807, 2.05) is 0 Å². The third kappa shape index (κ3) is 55.7. The maximum atomic E-state index is 10.3. The van der Waals surface area contributed by atoms with Gasteiger partial charge in [0.1, 0.15) is 0 Å². The minimum Gasteiger partial charge on any atom is -0.481 e. The zero-order chi connectivity index (χ0) is 33.2. The SMILES string of the molecule is CCCCCC=CCC=CCCCCCCCC(=O)O.CCCCCC=CCC=CCCCCCCCC(=O)O.NCCN. The number of aliphatic carboxylic acids is 2. The molecule has 0 amide bonds. The third-order valence-electron chi connectivity index (χ3n) is 6.85. The van der Waals surface area contributed by atoms with Gasteiger partial charge in [-0.15, -0.1) is 0 Å². The monoisotopic (exact) mass is 621 g/mol. The van der Waals surface area contributed by atoms with Gasteiger partial charge in [0, 0.05) is 25.9 Å². The van der Waals surface area contributed by atoms with Crippen molar-refractivity contribution in [2.45, 2.75) is 168 Å². The fourth-order valence-corrected chi connectivity index (χ4v) is 4.18. The van der Waals surface area contributed by atoms with E-state index in [1.165, 1.54) is 89.9 Å². The molecule has 6 N–H and O–H groups in total. The van der Waals surface area contributed by atoms with Crippen LogP contribution in [0.4, 0.5) is 0 Å². The number of nitrogens with two attached hydrogens (primary N) is 2. The summed E-state index contributed by atoms with van der Waals surface area (Å²) in [4.78, 5) is 20.6. The maximum absolute atomic E-state index is 10.3. The van der Waals surface area contributed by atoms with Crippen LogP contribution in [0.25, 0.3) is 0 Å². The van der Waals surface area contributed by atoms with Gasteiger partial charge in [0.2, 0.25) is 0 Å². The fraction of sp³-hybridized carbons (Fsp3) is 0.737. The van der Waals surface area contributed by atoms with E-state index in [-0.39, 0.29) is 0 Å². The minimum atomic E-state index is -0.671. The van der Waals surface area contributed by atoms with E-state index in [1.54, 1.807) is 0 Å². The summed E-state index contributed by atoms with van der Waals surface area (Å²) < 4.78 is 0. The van der Waals surface area contributed by atoms with Crippen LogP contribution in [0.15, 0.2) is 48.6 Å². The highest BCUT2D eigenvalue weighted by molar-refractivity contribution is 5.66. The van der Waals surface area contributed by atoms with Crippen LogP contribution >= 0.6 is 0 Å². The molecule has 0 radical (unpaired) electrons. The second-order valence-corrected chi connectivity index (χ2v) is 11.3. The molecule has 258 valence electrons. The van der Waals surface area contributed by atoms with Crippen molar-refractivity contribution in [2.24, 2.45) is 11.5 Å². The van der Waals surface area contributed by atoms with E-state index in [2.05, 4.69) is 62.5 Å². The molecular formula is C38H72N2O4. The van der Waals surface area contributed by atoms with Crippen LogP contribution in [0.2, 0.25) is 0 Å². The standard InChI is InChI=1S/2C18H32O2.C2H8N2/c2*1-2-3-4-5-6-7-8-9-10-11-12-13-14-15-16-17-18(19)20;3-1-2-4/h2*6-7,9-10H,2-5,8,11-17H2,1H3,(H,19,20);1-4H2. The van der Waals surface area contributed by atoms with Crippen LogP contribution in [0.1, 0.15) is 168 Å². The van der Waals surface area contributed by atoms with Crippen LogP contribution in [-0.4, -0.2) is 35.2 Å². The zero-order valence-corrected chi connectivity index (χ0v) is 28.9. The van der Waals surface area contributed by atoms with Gasteiger partial charge in [-0.25, -0.2) is 0 Å². The molecule has 0 fully saturated rings. The number of carboxylic acid groups (broad SMARTS) is 2. The number of unbranched alkanes of at least 4 members (excludes halogenated alkanes) is 16. The molecule has 0 spiro atoms. The molecule has 0 aromatic rings. The van der Waals surface area contributed by atoms with Gasteiger partial charge in [0.05, 0.1) is 0 Å². The number of allylic oxidation sites excluding steroid dienone is 8. The first-order valence-corrected chi connectivity index (χ1v) is 17.9. The maximum Gasteiger partial charge on any atom is 0.303 e. The smallest absolute Gasteiger partial charge is 0.303 e. The van der Waals surface area contributed by atoms with E-state index in [0.29, 0.717) is 25.9 Å². The van der Waals surface area contributed by atoms with Crippen LogP contribution in [0.5, 0.6) is 0 Å². The number of carboxylic acids is 2. The molecule has 0 aromatic heterocycles. The van der Waals surface area contributed by atoms with Gasteiger partial charge in [0.15, 0.2) is 0 Å². The Kier molecular flexibility index (Phi) is 47.6. The van der Waals surface area contributed by atoms with Gasteiger partial charge < -0.3 is 21.7 Å². The lowest BCUT2D eigenvalue weighted by molar-refractivity contribution is -0.138. The molecule has 0 bridgehead atoms. The lowest BCUT2D eigenvalue weighted by Gasteiger charge is -1.98. The van der Waals surface area contributed by atoms with Gasteiger partial charge in [-0.05, 0) is 77.0 Å². The molecule has 0 aliphatic rings. The lowest BCUT2D eigenvalue weighted by atomic mass is 10.1. The van der Waals surface area contributed by atoms with Crippen molar-refractivity contribution in [1.82, 2.24) is 0 Å². The number of hydrogen-bond donors (Lipinski definition) is 4. The summed E-state index contributed by atoms with van der Waals surface area (Å²) in [6.07, 6.45) is 44.6. The Hall–Kier alpha value is -2.18. The highest BCUT2D eigenvalue weighted by Gasteiger charge is 1.96. The summed E-state index contributed by atoms with van der Waals surface area (Å²) in [6, 6.07) is 0. The quantitative estimate of drug-likeness (QED) is 0.0486. The highest BCUT2D eigenvalue weighted by atomic mass is 16.4. The average Bonchev–Trinajstić information content (AvgIpc) is 3.01. The van der Waals surface area contributed by atoms with E-state index >= 15 is 0 Å². The Balaban J connectivity index is -0.000000680. The van der Waals surface area contributed by atoms with Crippen molar-refractivity contribution in [3.8, 4) is 0 Å². The first-order valence-electron chi connectivity index (χ1n) is 17.9. The third-order valence-corrected chi connectivity index (χ3v) is 6.85. The van der Waals surface area contributed by atoms with Crippen molar-refractivity contribution < 1.29 is 19.8 Å². The lowest BCUT2D eigenvalue weighted by Crippen LogP contribution is -2.11. The van der Waals surface area contributed by atoms with Crippen LogP contribution in [0.3, 0.4) is 0 Å². The van der Waals surface area contributed by atoms with E-state index < -0.39 is 11.9 Å². The van der Waals surface area contributed by atoms with Gasteiger partial charge in [-0.3, -0.25) is 9.59 Å². The first kappa shape index (κ1) is 46.2. The number of rotatable bonds is 29. The molecule has 0 aromatic carbocycles. The second kappa shape index (κ2) is 45.3. The van der Waals surface area contributed by atoms with Crippen molar-refractivity contribution in [3.05, 3.63) is 48.6 Å². The molecule has 44 heavy (non-hydrogen) atoms. The zero-order valence-electron chi connectivity index (χ0n) is 28.9. The molecule has 0 rings (SSSR count). The van der Waals surface area contributed by atoms with E-state index in [4.69, 9.17) is 21.7 Å². The Morgan fingerprint density at radius 2 is 0.705 bits per heavy atom. The van der Waals surface area contributed by atoms with Crippen molar-refractivity contribution >= 4 is 11.9 Å². The largest absolute Gasteiger partial charge is 0.481 e. The Morgan fingerprint density at radius 3 is 0.977 bits per heavy atom. The molecule has 6 nitrogen and oxygen atoms in total. The highest BCUT2D eigenvalue weighted by Crippen LogP contribution is 2.09. The van der Waals surface area contributed by atoms with Crippen molar-refractivity contribution in [3.63, 3.8) is 0 Å². The molecule has 0 heterocycles. The molecule has 0 atom stereocenters. The number of hydrogen-bond acceptors (Lipinski definition) is 4. The molecule has 0 aliphatic heterocycles. The summed E-state index contributed by atoms with van der Waals surface area (Å²) in [6.45, 7) is 5.66. The van der Waals surface area contributed by atoms with E-state index in [9.17, 15) is 9.59 Å². The minimum absolute atomic E-state index is 0.324. The van der Waals surface area contributed by atoms with Gasteiger partial charge in [-0.2, -0.15) is 0 Å². The molecule has 0 aliphatic carbocycles. The van der Waals surface area contributed by atoms with Gasteiger partial charge in [0.25, 0.3) is 0 Å².